The molecule has 3 heteroatoms. The minimum atomic E-state index is 0.686. The summed E-state index contributed by atoms with van der Waals surface area (Å²) in [4.78, 5) is 0. The Kier molecular flexibility index (Phi) is 2.99. The maximum atomic E-state index is 5.67. The summed E-state index contributed by atoms with van der Waals surface area (Å²) in [5, 5.41) is 3.38. The lowest BCUT2D eigenvalue weighted by molar-refractivity contribution is 0.313. The summed E-state index contributed by atoms with van der Waals surface area (Å²) < 4.78 is 11.2. The van der Waals surface area contributed by atoms with Gasteiger partial charge in [-0.3, -0.25) is 0 Å². The minimum Gasteiger partial charge on any atom is -0.494 e. The molecule has 0 fully saturated rings. The number of anilines is 1. The predicted octanol–water partition coefficient (Wildman–Crippen LogP) is 2.59. The van der Waals surface area contributed by atoms with E-state index in [0.717, 1.165) is 36.8 Å². The van der Waals surface area contributed by atoms with E-state index in [4.69, 9.17) is 9.47 Å². The van der Waals surface area contributed by atoms with Crippen molar-refractivity contribution in [3.05, 3.63) is 17.7 Å². The third-order valence-corrected chi connectivity index (χ3v) is 2.46. The van der Waals surface area contributed by atoms with Gasteiger partial charge in [0.2, 0.25) is 0 Å². The summed E-state index contributed by atoms with van der Waals surface area (Å²) in [5.74, 6) is 1.80. The SMILES string of the molecule is CCOc1cc(C)c2c(c1)OCCCN2. The molecule has 0 saturated heterocycles. The largest absolute Gasteiger partial charge is 0.494 e. The van der Waals surface area contributed by atoms with Gasteiger partial charge in [0, 0.05) is 12.6 Å². The summed E-state index contributed by atoms with van der Waals surface area (Å²) >= 11 is 0. The van der Waals surface area contributed by atoms with Crippen molar-refractivity contribution < 1.29 is 9.47 Å². The molecule has 1 heterocycles. The number of nitrogens with one attached hydrogen (secondary N) is 1. The molecule has 0 amide bonds. The van der Waals surface area contributed by atoms with Crippen molar-refractivity contribution in [3.63, 3.8) is 0 Å². The molecule has 0 aliphatic carbocycles. The van der Waals surface area contributed by atoms with Crippen molar-refractivity contribution in [2.24, 2.45) is 0 Å². The van der Waals surface area contributed by atoms with Gasteiger partial charge in [0.05, 0.1) is 18.9 Å². The van der Waals surface area contributed by atoms with Crippen molar-refractivity contribution in [3.8, 4) is 11.5 Å². The van der Waals surface area contributed by atoms with E-state index in [1.807, 2.05) is 19.1 Å². The third-order valence-electron chi connectivity index (χ3n) is 2.46. The molecular weight excluding hydrogens is 190 g/mol. The molecule has 1 aliphatic heterocycles. The van der Waals surface area contributed by atoms with Crippen LogP contribution >= 0.6 is 0 Å². The predicted molar refractivity (Wildman–Crippen MR) is 60.9 cm³/mol. The Hall–Kier alpha value is -1.38. The number of hydrogen-bond acceptors (Lipinski definition) is 3. The van der Waals surface area contributed by atoms with Gasteiger partial charge in [-0.25, -0.2) is 0 Å². The van der Waals surface area contributed by atoms with E-state index in [2.05, 4.69) is 12.2 Å². The summed E-state index contributed by atoms with van der Waals surface area (Å²) in [5.41, 5.74) is 2.29. The maximum Gasteiger partial charge on any atom is 0.146 e. The summed E-state index contributed by atoms with van der Waals surface area (Å²) in [7, 11) is 0. The molecule has 1 aromatic rings. The van der Waals surface area contributed by atoms with Gasteiger partial charge in [-0.2, -0.15) is 0 Å². The van der Waals surface area contributed by atoms with Crippen LogP contribution in [-0.2, 0) is 0 Å². The number of hydrogen-bond donors (Lipinski definition) is 1. The third kappa shape index (κ3) is 2.17. The highest BCUT2D eigenvalue weighted by Crippen LogP contribution is 2.34. The molecule has 0 spiro atoms. The Bertz CT molecular complexity index is 350. The van der Waals surface area contributed by atoms with Crippen molar-refractivity contribution in [2.75, 3.05) is 25.1 Å². The Labute approximate surface area is 90.4 Å². The Balaban J connectivity index is 2.35. The van der Waals surface area contributed by atoms with Gasteiger partial charge in [0.15, 0.2) is 0 Å². The van der Waals surface area contributed by atoms with Gasteiger partial charge in [0.1, 0.15) is 11.5 Å². The van der Waals surface area contributed by atoms with E-state index >= 15 is 0 Å². The lowest BCUT2D eigenvalue weighted by atomic mass is 10.1. The summed E-state index contributed by atoms with van der Waals surface area (Å²) in [6.45, 7) is 6.49. The second-order valence-corrected chi connectivity index (χ2v) is 3.68. The zero-order valence-electron chi connectivity index (χ0n) is 9.30. The lowest BCUT2D eigenvalue weighted by Crippen LogP contribution is -2.01. The van der Waals surface area contributed by atoms with Gasteiger partial charge >= 0.3 is 0 Å². The standard InChI is InChI=1S/C12H17NO2/c1-3-14-10-7-9(2)12-11(8-10)15-6-4-5-13-12/h7-8,13H,3-6H2,1-2H3. The molecule has 82 valence electrons. The number of aryl methyl sites for hydroxylation is 1. The van der Waals surface area contributed by atoms with Gasteiger partial charge in [-0.15, -0.1) is 0 Å². The van der Waals surface area contributed by atoms with E-state index in [0.29, 0.717) is 6.61 Å². The monoisotopic (exact) mass is 207 g/mol. The molecule has 2 rings (SSSR count). The molecule has 3 nitrogen and oxygen atoms in total. The molecule has 0 unspecified atom stereocenters. The van der Waals surface area contributed by atoms with Gasteiger partial charge < -0.3 is 14.8 Å². The average Bonchev–Trinajstić information content (AvgIpc) is 2.43. The van der Waals surface area contributed by atoms with Gasteiger partial charge in [-0.05, 0) is 31.9 Å². The van der Waals surface area contributed by atoms with Crippen LogP contribution in [0.4, 0.5) is 5.69 Å². The van der Waals surface area contributed by atoms with E-state index < -0.39 is 0 Å². The number of fused-ring (bicyclic) bond motifs is 1. The van der Waals surface area contributed by atoms with E-state index in [-0.39, 0.29) is 0 Å². The maximum absolute atomic E-state index is 5.67. The first-order chi connectivity index (χ1) is 7.31. The van der Waals surface area contributed by atoms with E-state index in [1.165, 1.54) is 5.56 Å². The van der Waals surface area contributed by atoms with Crippen molar-refractivity contribution in [2.45, 2.75) is 20.3 Å². The van der Waals surface area contributed by atoms with Crippen LogP contribution in [-0.4, -0.2) is 19.8 Å². The second-order valence-electron chi connectivity index (χ2n) is 3.68. The van der Waals surface area contributed by atoms with E-state index in [1.54, 1.807) is 0 Å². The average molecular weight is 207 g/mol. The number of ether oxygens (including phenoxy) is 2. The molecular formula is C12H17NO2. The summed E-state index contributed by atoms with van der Waals surface area (Å²) in [6, 6.07) is 4.01. The Morgan fingerprint density at radius 2 is 2.33 bits per heavy atom. The fraction of sp³-hybridized carbons (Fsp3) is 0.500. The fourth-order valence-electron chi connectivity index (χ4n) is 1.78. The molecule has 1 aliphatic rings. The van der Waals surface area contributed by atoms with Crippen molar-refractivity contribution in [1.82, 2.24) is 0 Å². The zero-order chi connectivity index (χ0) is 10.7. The Morgan fingerprint density at radius 3 is 3.13 bits per heavy atom. The van der Waals surface area contributed by atoms with Crippen LogP contribution in [0.5, 0.6) is 11.5 Å². The van der Waals surface area contributed by atoms with Crippen LogP contribution in [0.3, 0.4) is 0 Å². The van der Waals surface area contributed by atoms with Crippen LogP contribution < -0.4 is 14.8 Å². The number of benzene rings is 1. The fourth-order valence-corrected chi connectivity index (χ4v) is 1.78. The van der Waals surface area contributed by atoms with Gasteiger partial charge in [0.25, 0.3) is 0 Å². The number of rotatable bonds is 2. The molecule has 1 N–H and O–H groups in total. The Morgan fingerprint density at radius 1 is 1.47 bits per heavy atom. The van der Waals surface area contributed by atoms with Crippen LogP contribution in [0.15, 0.2) is 12.1 Å². The highest BCUT2D eigenvalue weighted by Gasteiger charge is 2.12. The first-order valence-corrected chi connectivity index (χ1v) is 5.45. The van der Waals surface area contributed by atoms with Crippen LogP contribution in [0, 0.1) is 6.92 Å². The highest BCUT2D eigenvalue weighted by molar-refractivity contribution is 5.64. The van der Waals surface area contributed by atoms with Crippen LogP contribution in [0.1, 0.15) is 18.9 Å². The van der Waals surface area contributed by atoms with Gasteiger partial charge in [-0.1, -0.05) is 0 Å². The molecule has 0 aromatic heterocycles. The normalized spacial score (nSPS) is 14.5. The summed E-state index contributed by atoms with van der Waals surface area (Å²) in [6.07, 6.45) is 1.04. The topological polar surface area (TPSA) is 30.5 Å². The molecule has 0 radical (unpaired) electrons. The van der Waals surface area contributed by atoms with Crippen molar-refractivity contribution in [1.29, 1.82) is 0 Å². The first-order valence-electron chi connectivity index (χ1n) is 5.45. The minimum absolute atomic E-state index is 0.686. The highest BCUT2D eigenvalue weighted by atomic mass is 16.5. The molecule has 15 heavy (non-hydrogen) atoms. The molecule has 0 saturated carbocycles. The van der Waals surface area contributed by atoms with Crippen LogP contribution in [0.2, 0.25) is 0 Å². The smallest absolute Gasteiger partial charge is 0.146 e. The van der Waals surface area contributed by atoms with E-state index in [9.17, 15) is 0 Å². The molecule has 0 atom stereocenters. The zero-order valence-corrected chi connectivity index (χ0v) is 9.30. The van der Waals surface area contributed by atoms with Crippen molar-refractivity contribution >= 4 is 5.69 Å². The molecule has 1 aromatic carbocycles. The molecule has 0 bridgehead atoms. The first kappa shape index (κ1) is 10.1. The van der Waals surface area contributed by atoms with Crippen LogP contribution in [0.25, 0.3) is 0 Å². The second kappa shape index (κ2) is 4.43. The quantitative estimate of drug-likeness (QED) is 0.808. The lowest BCUT2D eigenvalue weighted by Gasteiger charge is -2.13.